The van der Waals surface area contributed by atoms with Crippen molar-refractivity contribution in [2.75, 3.05) is 6.54 Å². The van der Waals surface area contributed by atoms with E-state index in [1.165, 1.54) is 6.33 Å². The molecule has 0 saturated carbocycles. The molecular formula is C20H24ClN5O. The Morgan fingerprint density at radius 2 is 1.93 bits per heavy atom. The Labute approximate surface area is 164 Å². The van der Waals surface area contributed by atoms with Gasteiger partial charge in [-0.15, -0.1) is 0 Å². The van der Waals surface area contributed by atoms with E-state index in [4.69, 9.17) is 11.6 Å². The van der Waals surface area contributed by atoms with Gasteiger partial charge >= 0.3 is 0 Å². The van der Waals surface area contributed by atoms with Crippen LogP contribution in [-0.4, -0.2) is 32.0 Å². The summed E-state index contributed by atoms with van der Waals surface area (Å²) in [5.74, 6) is 0.609. The molecular weight excluding hydrogens is 362 g/mol. The zero-order valence-electron chi connectivity index (χ0n) is 16.1. The number of aromatic nitrogens is 4. The summed E-state index contributed by atoms with van der Waals surface area (Å²) >= 11 is 5.96. The molecule has 1 amide bonds. The van der Waals surface area contributed by atoms with Crippen molar-refractivity contribution in [2.45, 2.75) is 46.0 Å². The highest BCUT2D eigenvalue weighted by Gasteiger charge is 2.21. The lowest BCUT2D eigenvalue weighted by molar-refractivity contribution is -0.121. The highest BCUT2D eigenvalue weighted by atomic mass is 35.5. The number of halogens is 1. The van der Waals surface area contributed by atoms with Crippen LogP contribution in [0.15, 0.2) is 30.6 Å². The molecule has 0 bridgehead atoms. The smallest absolute Gasteiger partial charge is 0.252 e. The number of benzene rings is 1. The van der Waals surface area contributed by atoms with Crippen LogP contribution in [-0.2, 0) is 16.6 Å². The minimum absolute atomic E-state index is 0.0227. The van der Waals surface area contributed by atoms with Crippen molar-refractivity contribution < 1.29 is 4.79 Å². The molecule has 0 aliphatic heterocycles. The molecule has 27 heavy (non-hydrogen) atoms. The van der Waals surface area contributed by atoms with Crippen LogP contribution < -0.4 is 5.32 Å². The van der Waals surface area contributed by atoms with Crippen LogP contribution in [0.3, 0.4) is 0 Å². The average molecular weight is 386 g/mol. The minimum atomic E-state index is -0.173. The molecule has 0 aliphatic carbocycles. The van der Waals surface area contributed by atoms with Crippen LogP contribution in [0.4, 0.5) is 0 Å². The second-order valence-electron chi connectivity index (χ2n) is 7.40. The Morgan fingerprint density at radius 1 is 1.22 bits per heavy atom. The Hall–Kier alpha value is -2.47. The van der Waals surface area contributed by atoms with Gasteiger partial charge in [0.25, 0.3) is 5.78 Å². The predicted molar refractivity (Wildman–Crippen MR) is 106 cm³/mol. The van der Waals surface area contributed by atoms with Gasteiger partial charge in [-0.3, -0.25) is 4.79 Å². The van der Waals surface area contributed by atoms with E-state index in [1.807, 2.05) is 38.1 Å². The van der Waals surface area contributed by atoms with Gasteiger partial charge < -0.3 is 5.32 Å². The van der Waals surface area contributed by atoms with Crippen LogP contribution in [0.25, 0.3) is 5.78 Å². The van der Waals surface area contributed by atoms with Crippen LogP contribution >= 0.6 is 11.6 Å². The molecule has 0 aliphatic rings. The number of nitrogens with one attached hydrogen (secondary N) is 1. The lowest BCUT2D eigenvalue weighted by Crippen LogP contribution is -2.36. The Bertz CT molecular complexity index is 962. The van der Waals surface area contributed by atoms with E-state index in [0.29, 0.717) is 30.2 Å². The maximum Gasteiger partial charge on any atom is 0.252 e. The first-order chi connectivity index (χ1) is 12.8. The fourth-order valence-electron chi connectivity index (χ4n) is 3.17. The van der Waals surface area contributed by atoms with Crippen LogP contribution in [0.2, 0.25) is 5.02 Å². The first kappa shape index (κ1) is 19.3. The summed E-state index contributed by atoms with van der Waals surface area (Å²) in [5.41, 5.74) is 3.87. The SMILES string of the molecule is Cc1nc2ncnn2c(C)c1CCC(=O)NCC(C)(C)c1ccc(Cl)cc1. The van der Waals surface area contributed by atoms with Crippen LogP contribution in [0, 0.1) is 13.8 Å². The number of carbonyl (C=O) groups excluding carboxylic acids is 1. The Morgan fingerprint density at radius 3 is 2.63 bits per heavy atom. The number of rotatable bonds is 6. The number of fused-ring (bicyclic) bond motifs is 1. The molecule has 3 aromatic rings. The molecule has 3 rings (SSSR count). The predicted octanol–water partition coefficient (Wildman–Crippen LogP) is 3.42. The Balaban J connectivity index is 1.61. The van der Waals surface area contributed by atoms with Gasteiger partial charge in [0.15, 0.2) is 0 Å². The second kappa shape index (κ2) is 7.64. The fraction of sp³-hybridized carbons (Fsp3) is 0.400. The number of hydrogen-bond donors (Lipinski definition) is 1. The minimum Gasteiger partial charge on any atom is -0.355 e. The highest BCUT2D eigenvalue weighted by molar-refractivity contribution is 6.30. The molecule has 2 aromatic heterocycles. The molecule has 0 fully saturated rings. The first-order valence-corrected chi connectivity index (χ1v) is 9.34. The van der Waals surface area contributed by atoms with Gasteiger partial charge in [-0.05, 0) is 43.5 Å². The summed E-state index contributed by atoms with van der Waals surface area (Å²) < 4.78 is 1.71. The number of aryl methyl sites for hydroxylation is 2. The van der Waals surface area contributed by atoms with E-state index >= 15 is 0 Å². The van der Waals surface area contributed by atoms with Crippen LogP contribution in [0.5, 0.6) is 0 Å². The molecule has 0 atom stereocenters. The van der Waals surface area contributed by atoms with E-state index < -0.39 is 0 Å². The Kier molecular flexibility index (Phi) is 5.46. The number of carbonyl (C=O) groups is 1. The standard InChI is InChI=1S/C20H24ClN5O/c1-13-17(14(2)26-19(25-13)23-12-24-26)9-10-18(27)22-11-20(3,4)15-5-7-16(21)8-6-15/h5-8,12H,9-11H2,1-4H3,(H,22,27). The summed E-state index contributed by atoms with van der Waals surface area (Å²) in [6.45, 7) is 8.69. The van der Waals surface area contributed by atoms with Crippen molar-refractivity contribution in [3.8, 4) is 0 Å². The quantitative estimate of drug-likeness (QED) is 0.705. The van der Waals surface area contributed by atoms with Gasteiger partial charge in [-0.1, -0.05) is 37.6 Å². The summed E-state index contributed by atoms with van der Waals surface area (Å²) in [5, 5.41) is 7.95. The summed E-state index contributed by atoms with van der Waals surface area (Å²) in [6, 6.07) is 7.75. The zero-order valence-corrected chi connectivity index (χ0v) is 16.8. The zero-order chi connectivity index (χ0) is 19.6. The highest BCUT2D eigenvalue weighted by Crippen LogP contribution is 2.24. The molecule has 0 spiro atoms. The lowest BCUT2D eigenvalue weighted by Gasteiger charge is -2.25. The normalized spacial score (nSPS) is 11.7. The topological polar surface area (TPSA) is 72.2 Å². The van der Waals surface area contributed by atoms with E-state index in [2.05, 4.69) is 34.2 Å². The molecule has 7 heteroatoms. The number of hydrogen-bond acceptors (Lipinski definition) is 4. The van der Waals surface area contributed by atoms with Gasteiger partial charge in [-0.2, -0.15) is 10.1 Å². The molecule has 1 aromatic carbocycles. The summed E-state index contributed by atoms with van der Waals surface area (Å²) in [4.78, 5) is 21.0. The van der Waals surface area contributed by atoms with E-state index in [9.17, 15) is 4.79 Å². The third-order valence-electron chi connectivity index (χ3n) is 4.94. The molecule has 0 unspecified atom stereocenters. The second-order valence-corrected chi connectivity index (χ2v) is 7.84. The third-order valence-corrected chi connectivity index (χ3v) is 5.20. The van der Waals surface area contributed by atoms with Crippen molar-refractivity contribution in [1.82, 2.24) is 24.9 Å². The van der Waals surface area contributed by atoms with Gasteiger partial charge in [0.05, 0.1) is 0 Å². The van der Waals surface area contributed by atoms with Gasteiger partial charge in [0.1, 0.15) is 6.33 Å². The number of amides is 1. The van der Waals surface area contributed by atoms with Gasteiger partial charge in [0, 0.05) is 34.8 Å². The third kappa shape index (κ3) is 4.27. The van der Waals surface area contributed by atoms with Crippen molar-refractivity contribution in [3.63, 3.8) is 0 Å². The van der Waals surface area contributed by atoms with E-state index in [0.717, 1.165) is 22.5 Å². The van der Waals surface area contributed by atoms with Gasteiger partial charge in [0.2, 0.25) is 5.91 Å². The molecule has 1 N–H and O–H groups in total. The van der Waals surface area contributed by atoms with Crippen molar-refractivity contribution in [1.29, 1.82) is 0 Å². The monoisotopic (exact) mass is 385 g/mol. The van der Waals surface area contributed by atoms with E-state index in [-0.39, 0.29) is 11.3 Å². The lowest BCUT2D eigenvalue weighted by atomic mass is 9.84. The summed E-state index contributed by atoms with van der Waals surface area (Å²) in [7, 11) is 0. The van der Waals surface area contributed by atoms with Crippen LogP contribution in [0.1, 0.15) is 42.8 Å². The molecule has 2 heterocycles. The van der Waals surface area contributed by atoms with Gasteiger partial charge in [-0.25, -0.2) is 9.50 Å². The molecule has 0 radical (unpaired) electrons. The fourth-order valence-corrected chi connectivity index (χ4v) is 3.29. The largest absolute Gasteiger partial charge is 0.355 e. The summed E-state index contributed by atoms with van der Waals surface area (Å²) in [6.07, 6.45) is 2.51. The molecule has 6 nitrogen and oxygen atoms in total. The van der Waals surface area contributed by atoms with E-state index in [1.54, 1.807) is 4.52 Å². The molecule has 142 valence electrons. The van der Waals surface area contributed by atoms with Crippen molar-refractivity contribution in [3.05, 3.63) is 58.1 Å². The molecule has 0 saturated heterocycles. The number of nitrogens with zero attached hydrogens (tertiary/aromatic N) is 4. The first-order valence-electron chi connectivity index (χ1n) is 8.96. The van der Waals surface area contributed by atoms with Crippen molar-refractivity contribution >= 4 is 23.3 Å². The maximum atomic E-state index is 12.4. The maximum absolute atomic E-state index is 12.4. The average Bonchev–Trinajstić information content (AvgIpc) is 3.09. The van der Waals surface area contributed by atoms with Crippen molar-refractivity contribution in [2.24, 2.45) is 0 Å².